The van der Waals surface area contributed by atoms with E-state index in [9.17, 15) is 102 Å². The summed E-state index contributed by atoms with van der Waals surface area (Å²) in [6, 6.07) is -11.9. The summed E-state index contributed by atoms with van der Waals surface area (Å²) in [7, 11) is 0. The van der Waals surface area contributed by atoms with Gasteiger partial charge in [-0.15, -0.1) is 0 Å². The lowest BCUT2D eigenvalue weighted by Gasteiger charge is -2.29. The minimum Gasteiger partial charge on any atom is -0.481 e. The number of aliphatic hydroxyl groups is 1. The van der Waals surface area contributed by atoms with Gasteiger partial charge in [-0.05, 0) is 81.6 Å². The molecule has 0 aliphatic rings. The van der Waals surface area contributed by atoms with Crippen LogP contribution in [0.5, 0.6) is 0 Å². The zero-order valence-electron chi connectivity index (χ0n) is 66.1. The van der Waals surface area contributed by atoms with Crippen LogP contribution in [-0.4, -0.2) is 246 Å². The van der Waals surface area contributed by atoms with E-state index in [-0.39, 0.29) is 76.2 Å². The van der Waals surface area contributed by atoms with Crippen LogP contribution < -0.4 is 103 Å². The van der Waals surface area contributed by atoms with E-state index >= 15 is 0 Å². The number of aliphatic carboxylic acids is 2. The molecule has 45 nitrogen and oxygen atoms in total. The van der Waals surface area contributed by atoms with Crippen LogP contribution in [0, 0.1) is 23.2 Å². The molecule has 0 unspecified atom stereocenters. The minimum atomic E-state index is -1.92. The molecule has 0 fully saturated rings. The Morgan fingerprint density at radius 2 is 0.829 bits per heavy atom. The second-order valence-electron chi connectivity index (χ2n) is 28.9. The lowest BCUT2D eigenvalue weighted by Crippen LogP contribution is -2.61. The molecule has 0 saturated carbocycles. The third-order valence-corrected chi connectivity index (χ3v) is 17.6. The second-order valence-corrected chi connectivity index (χ2v) is 28.9. The molecule has 3 rings (SSSR count). The lowest BCUT2D eigenvalue weighted by atomic mass is 9.98. The summed E-state index contributed by atoms with van der Waals surface area (Å²) < 4.78 is 0. The molecular formula is C72H112N24O21. The molecule has 30 N–H and O–H groups in total. The molecule has 0 radical (unpaired) electrons. The molecule has 2 heterocycles. The zero-order chi connectivity index (χ0) is 87.8. The number of carboxylic acid groups (broad SMARTS) is 2. The molecule has 45 heteroatoms. The van der Waals surface area contributed by atoms with Crippen molar-refractivity contribution in [3.05, 3.63) is 72.3 Å². The Morgan fingerprint density at radius 3 is 1.32 bits per heavy atom. The van der Waals surface area contributed by atoms with Gasteiger partial charge in [0.05, 0.1) is 31.8 Å². The number of H-pyrrole nitrogens is 2. The zero-order valence-corrected chi connectivity index (χ0v) is 66.1. The van der Waals surface area contributed by atoms with Crippen LogP contribution in [0.2, 0.25) is 0 Å². The van der Waals surface area contributed by atoms with Crippen molar-refractivity contribution in [1.29, 1.82) is 5.41 Å². The second kappa shape index (κ2) is 50.5. The summed E-state index contributed by atoms with van der Waals surface area (Å²) in [5.41, 5.74) is 28.3. The molecule has 2 aromatic heterocycles. The highest BCUT2D eigenvalue weighted by Gasteiger charge is 2.38. The lowest BCUT2D eigenvalue weighted by molar-refractivity contribution is -0.142. The Hall–Kier alpha value is -12.7. The van der Waals surface area contributed by atoms with Crippen LogP contribution in [0.1, 0.15) is 142 Å². The first-order valence-electron chi connectivity index (χ1n) is 37.7. The fourth-order valence-electron chi connectivity index (χ4n) is 11.3. The van der Waals surface area contributed by atoms with Crippen molar-refractivity contribution in [2.24, 2.45) is 46.4 Å². The quantitative estimate of drug-likeness (QED) is 0.0142. The number of nitrogens with two attached hydrogens (primary N) is 5. The number of nitrogens with one attached hydrogen (secondary N) is 17. The van der Waals surface area contributed by atoms with Crippen LogP contribution in [0.3, 0.4) is 0 Å². The van der Waals surface area contributed by atoms with Gasteiger partial charge in [-0.25, -0.2) is 14.8 Å². The standard InChI is InChI=1S/C72H112N24O21/c1-35(2)24-47(66(111)92-49(26-39-12-9-8-10-13-39)67(112)93-51(28-41-30-80-34-84-41)68(113)89-46(71(116)117)17-21-55(76)100)91-69(114)52(32-97)95-63(108)45(18-22-57(102)103)88-65(110)48(25-36(3)4)94-70(115)58(37(5)6)96-64(109)44(16-20-54(75)99)86-56(101)31-82-61(106)50(27-40-29-79-33-83-40)90-59(104)38(7)85-62(107)43(14-11-23-81-72(77)78)87-60(105)42(73)15-19-53(74)98/h8-10,12-13,29-30,33-38,42-52,58,97H,11,14-28,31-32,73H2,1-7H3,(H2,74,98)(H2,75,99)(H2,76,100)(H,79,83)(H,80,84)(H,82,106)(H,85,107)(H,86,101)(H,87,105)(H,88,110)(H,89,113)(H,90,104)(H,91,114)(H,92,111)(H,93,112)(H,94,115)(H,95,108)(H,96,109)(H,102,103)(H,116,117)(H4,77,78,81)/t38-,42-,43-,44-,45-,46-,47-,48-,49-,50-,51-,52-,58-/m0/s1. The number of aromatic nitrogens is 4. The molecule has 1 aromatic carbocycles. The van der Waals surface area contributed by atoms with Crippen LogP contribution in [0.15, 0.2) is 55.4 Å². The van der Waals surface area contributed by atoms with E-state index in [2.05, 4.69) is 94.4 Å². The van der Waals surface area contributed by atoms with Crippen molar-refractivity contribution in [1.82, 2.24) is 94.4 Å². The number of guanidine groups is 1. The maximum Gasteiger partial charge on any atom is 0.326 e. The van der Waals surface area contributed by atoms with E-state index < -0.39 is 249 Å². The average molecular weight is 1650 g/mol. The number of imidazole rings is 2. The van der Waals surface area contributed by atoms with Gasteiger partial charge < -0.3 is 128 Å². The molecule has 646 valence electrons. The van der Waals surface area contributed by atoms with Crippen molar-refractivity contribution < 1.29 is 102 Å². The number of hydrogen-bond acceptors (Lipinski definition) is 23. The van der Waals surface area contributed by atoms with Crippen molar-refractivity contribution in [2.75, 3.05) is 19.7 Å². The van der Waals surface area contributed by atoms with E-state index in [0.717, 1.165) is 0 Å². The molecule has 13 atom stereocenters. The number of aliphatic hydroxyl groups excluding tert-OH is 1. The Balaban J connectivity index is 1.84. The Morgan fingerprint density at radius 1 is 0.427 bits per heavy atom. The van der Waals surface area contributed by atoms with E-state index in [4.69, 9.17) is 34.1 Å². The third-order valence-electron chi connectivity index (χ3n) is 17.6. The molecule has 16 amide bonds. The number of primary amides is 3. The fraction of sp³-hybridized carbons (Fsp3) is 0.569. The Labute approximate surface area is 673 Å². The van der Waals surface area contributed by atoms with Gasteiger partial charge in [0, 0.05) is 75.3 Å². The van der Waals surface area contributed by atoms with Crippen LogP contribution >= 0.6 is 0 Å². The predicted molar refractivity (Wildman–Crippen MR) is 414 cm³/mol. The predicted octanol–water partition coefficient (Wildman–Crippen LogP) is -7.81. The summed E-state index contributed by atoms with van der Waals surface area (Å²) in [5.74, 6) is -20.6. The first-order valence-corrected chi connectivity index (χ1v) is 37.7. The summed E-state index contributed by atoms with van der Waals surface area (Å²) in [6.45, 7) is 8.99. The monoisotopic (exact) mass is 1650 g/mol. The van der Waals surface area contributed by atoms with Gasteiger partial charge in [0.15, 0.2) is 5.96 Å². The molecule has 3 aromatic rings. The minimum absolute atomic E-state index is 0.0585. The van der Waals surface area contributed by atoms with E-state index in [0.29, 0.717) is 17.0 Å². The number of carbonyl (C=O) groups is 18. The van der Waals surface area contributed by atoms with Gasteiger partial charge in [-0.1, -0.05) is 71.9 Å². The number of amides is 16. The van der Waals surface area contributed by atoms with Gasteiger partial charge in [0.1, 0.15) is 72.5 Å². The van der Waals surface area contributed by atoms with Gasteiger partial charge >= 0.3 is 11.9 Å². The van der Waals surface area contributed by atoms with E-state index in [1.807, 2.05) is 0 Å². The first kappa shape index (κ1) is 98.5. The van der Waals surface area contributed by atoms with Crippen LogP contribution in [-0.2, 0) is 106 Å². The molecule has 0 saturated heterocycles. The van der Waals surface area contributed by atoms with Gasteiger partial charge in [-0.3, -0.25) is 86.9 Å². The highest BCUT2D eigenvalue weighted by Crippen LogP contribution is 2.15. The maximum absolute atomic E-state index is 14.5. The first-order chi connectivity index (χ1) is 55.1. The highest BCUT2D eigenvalue weighted by atomic mass is 16.4. The van der Waals surface area contributed by atoms with Crippen molar-refractivity contribution >= 4 is 112 Å². The summed E-state index contributed by atoms with van der Waals surface area (Å²) >= 11 is 0. The smallest absolute Gasteiger partial charge is 0.326 e. The largest absolute Gasteiger partial charge is 0.481 e. The van der Waals surface area contributed by atoms with Crippen molar-refractivity contribution in [3.63, 3.8) is 0 Å². The molecule has 117 heavy (non-hydrogen) atoms. The Kier molecular flexibility index (Phi) is 42.5. The topological polar surface area (TPSA) is 748 Å². The number of hydrogen-bond donors (Lipinski definition) is 25. The molecule has 0 bridgehead atoms. The fourth-order valence-corrected chi connectivity index (χ4v) is 11.3. The Bertz CT molecular complexity index is 3880. The van der Waals surface area contributed by atoms with Gasteiger partial charge in [-0.2, -0.15) is 0 Å². The van der Waals surface area contributed by atoms with Gasteiger partial charge in [0.2, 0.25) is 94.5 Å². The number of carboxylic acids is 2. The number of aromatic amines is 2. The summed E-state index contributed by atoms with van der Waals surface area (Å²) in [5, 5.41) is 72.0. The summed E-state index contributed by atoms with van der Waals surface area (Å²) in [4.78, 5) is 255. The molecular weight excluding hydrogens is 1540 g/mol. The molecule has 0 aliphatic heterocycles. The third kappa shape index (κ3) is 37.9. The number of carbonyl (C=O) groups excluding carboxylic acids is 16. The van der Waals surface area contributed by atoms with E-state index in [1.54, 1.807) is 58.0 Å². The number of nitrogens with zero attached hydrogens (tertiary/aromatic N) is 2. The number of benzene rings is 1. The van der Waals surface area contributed by atoms with Gasteiger partial charge in [0.25, 0.3) is 0 Å². The number of rotatable bonds is 55. The maximum atomic E-state index is 14.5. The summed E-state index contributed by atoms with van der Waals surface area (Å²) in [6.07, 6.45) is 0.672. The van der Waals surface area contributed by atoms with Crippen LogP contribution in [0.4, 0.5) is 0 Å². The average Bonchev–Trinajstić information content (AvgIpc) is 1.69. The molecule has 0 spiro atoms. The molecule has 0 aliphatic carbocycles. The van der Waals surface area contributed by atoms with Crippen LogP contribution in [0.25, 0.3) is 0 Å². The van der Waals surface area contributed by atoms with Crippen molar-refractivity contribution in [3.8, 4) is 0 Å². The van der Waals surface area contributed by atoms with Crippen molar-refractivity contribution in [2.45, 2.75) is 223 Å². The van der Waals surface area contributed by atoms with E-state index in [1.165, 1.54) is 45.8 Å². The highest BCUT2D eigenvalue weighted by molar-refractivity contribution is 6.00. The SMILES string of the molecule is CC(C)C[C@H](NC(=O)[C@H](CO)NC(=O)[C@H](CCC(=O)O)NC(=O)[C@H](CC(C)C)NC(=O)[C@@H](NC(=O)[C@H](CCC(N)=O)NC(=O)CNC(=O)[C@H](Cc1cnc[nH]1)NC(=O)[C@H](C)NC(=O)[C@H](CCCNC(=N)N)NC(=O)[C@@H](N)CCC(N)=O)C(C)C)C(=O)N[C@@H](Cc1ccccc1)C(=O)N[C@@H](Cc1cnc[nH]1)C(=O)N[C@@H](CCC(N)=O)C(=O)O. The normalized spacial score (nSPS) is 14.4.